The van der Waals surface area contributed by atoms with E-state index >= 15 is 0 Å². The van der Waals surface area contributed by atoms with Gasteiger partial charge in [0.1, 0.15) is 0 Å². The lowest BCUT2D eigenvalue weighted by Gasteiger charge is -2.12. The Morgan fingerprint density at radius 1 is 1.35 bits per heavy atom. The molecule has 138 valence electrons. The third-order valence-electron chi connectivity index (χ3n) is 4.34. The van der Waals surface area contributed by atoms with Crippen LogP contribution in [0.4, 0.5) is 5.13 Å². The van der Waals surface area contributed by atoms with Crippen LogP contribution in [0.2, 0.25) is 0 Å². The van der Waals surface area contributed by atoms with Crippen LogP contribution in [-0.4, -0.2) is 25.6 Å². The standard InChI is InChI=1S/C18H19BrN2O3S2/c1-26(23,24)16-7-6-13(11-15(16)19)14(10-12-4-2-3-5-12)17(22)21-18-20-8-9-25-18/h6-12H,2-5H2,1H3,(H,20,21,22)/b14-10+. The van der Waals surface area contributed by atoms with Crippen LogP contribution < -0.4 is 5.32 Å². The molecule has 0 bridgehead atoms. The molecule has 0 aliphatic heterocycles. The summed E-state index contributed by atoms with van der Waals surface area (Å²) in [7, 11) is -3.33. The van der Waals surface area contributed by atoms with Gasteiger partial charge in [0.05, 0.1) is 4.90 Å². The highest BCUT2D eigenvalue weighted by molar-refractivity contribution is 9.10. The van der Waals surface area contributed by atoms with Crippen LogP contribution in [0.5, 0.6) is 0 Å². The van der Waals surface area contributed by atoms with E-state index in [1.54, 1.807) is 23.7 Å². The number of aromatic nitrogens is 1. The highest BCUT2D eigenvalue weighted by atomic mass is 79.9. The Labute approximate surface area is 165 Å². The number of nitrogens with zero attached hydrogens (tertiary/aromatic N) is 1. The number of amides is 1. The van der Waals surface area contributed by atoms with Crippen molar-refractivity contribution < 1.29 is 13.2 Å². The van der Waals surface area contributed by atoms with Crippen molar-refractivity contribution in [1.82, 2.24) is 4.98 Å². The zero-order valence-electron chi connectivity index (χ0n) is 14.2. The number of carbonyl (C=O) groups excluding carboxylic acids is 1. The fraction of sp³-hybridized carbons (Fsp3) is 0.333. The molecular weight excluding hydrogens is 436 g/mol. The van der Waals surface area contributed by atoms with Crippen molar-refractivity contribution in [2.24, 2.45) is 5.92 Å². The largest absolute Gasteiger partial charge is 0.298 e. The van der Waals surface area contributed by atoms with E-state index in [0.29, 0.717) is 26.7 Å². The summed E-state index contributed by atoms with van der Waals surface area (Å²) < 4.78 is 24.1. The minimum atomic E-state index is -3.33. The topological polar surface area (TPSA) is 76.1 Å². The molecule has 1 aromatic heterocycles. The average molecular weight is 455 g/mol. The zero-order chi connectivity index (χ0) is 18.7. The second-order valence-electron chi connectivity index (χ2n) is 6.33. The molecular formula is C18H19BrN2O3S2. The molecule has 0 saturated heterocycles. The van der Waals surface area contributed by atoms with Gasteiger partial charge in [-0.1, -0.05) is 25.0 Å². The van der Waals surface area contributed by atoms with Crippen molar-refractivity contribution in [3.63, 3.8) is 0 Å². The molecule has 1 N–H and O–H groups in total. The molecule has 1 saturated carbocycles. The Hall–Kier alpha value is -1.51. The number of hydrogen-bond acceptors (Lipinski definition) is 5. The quantitative estimate of drug-likeness (QED) is 0.673. The van der Waals surface area contributed by atoms with E-state index in [0.717, 1.165) is 19.1 Å². The van der Waals surface area contributed by atoms with Gasteiger partial charge < -0.3 is 0 Å². The molecule has 2 aromatic rings. The Kier molecular flexibility index (Phi) is 5.94. The monoisotopic (exact) mass is 454 g/mol. The number of anilines is 1. The van der Waals surface area contributed by atoms with Crippen LogP contribution in [0, 0.1) is 5.92 Å². The molecule has 0 atom stereocenters. The van der Waals surface area contributed by atoms with Gasteiger partial charge in [-0.05, 0) is 52.4 Å². The number of rotatable bonds is 5. The van der Waals surface area contributed by atoms with Gasteiger partial charge in [0.2, 0.25) is 0 Å². The lowest BCUT2D eigenvalue weighted by molar-refractivity contribution is -0.111. The van der Waals surface area contributed by atoms with Crippen LogP contribution in [0.15, 0.2) is 45.2 Å². The first kappa shape index (κ1) is 19.3. The van der Waals surface area contributed by atoms with E-state index in [2.05, 4.69) is 26.2 Å². The molecule has 5 nitrogen and oxygen atoms in total. The van der Waals surface area contributed by atoms with Crippen LogP contribution >= 0.6 is 27.3 Å². The number of carbonyl (C=O) groups is 1. The third-order valence-corrected chi connectivity index (χ3v) is 7.10. The van der Waals surface area contributed by atoms with Gasteiger partial charge in [-0.3, -0.25) is 10.1 Å². The van der Waals surface area contributed by atoms with Crippen molar-refractivity contribution in [1.29, 1.82) is 0 Å². The summed E-state index contributed by atoms with van der Waals surface area (Å²) in [6.07, 6.45) is 9.28. The number of hydrogen-bond donors (Lipinski definition) is 1. The first-order valence-electron chi connectivity index (χ1n) is 8.27. The van der Waals surface area contributed by atoms with Gasteiger partial charge in [-0.15, -0.1) is 11.3 Å². The minimum Gasteiger partial charge on any atom is -0.298 e. The molecule has 0 spiro atoms. The van der Waals surface area contributed by atoms with Crippen molar-refractivity contribution in [2.45, 2.75) is 30.6 Å². The fourth-order valence-electron chi connectivity index (χ4n) is 3.08. The van der Waals surface area contributed by atoms with Gasteiger partial charge >= 0.3 is 0 Å². The highest BCUT2D eigenvalue weighted by Gasteiger charge is 2.21. The van der Waals surface area contributed by atoms with E-state index in [9.17, 15) is 13.2 Å². The molecule has 1 aliphatic rings. The third kappa shape index (κ3) is 4.61. The van der Waals surface area contributed by atoms with Gasteiger partial charge in [0.25, 0.3) is 5.91 Å². The van der Waals surface area contributed by atoms with Crippen molar-refractivity contribution in [3.8, 4) is 0 Å². The summed E-state index contributed by atoms with van der Waals surface area (Å²) in [5, 5.41) is 5.17. The Balaban J connectivity index is 1.97. The van der Waals surface area contributed by atoms with Crippen molar-refractivity contribution in [3.05, 3.63) is 45.9 Å². The SMILES string of the molecule is CS(=O)(=O)c1ccc(/C(=C\C2CCCC2)C(=O)Nc2nccs2)cc1Br. The molecule has 1 amide bonds. The molecule has 3 rings (SSSR count). The summed E-state index contributed by atoms with van der Waals surface area (Å²) in [5.74, 6) is 0.131. The predicted molar refractivity (Wildman–Crippen MR) is 108 cm³/mol. The molecule has 1 heterocycles. The molecule has 1 fully saturated rings. The normalized spacial score (nSPS) is 16.0. The van der Waals surface area contributed by atoms with E-state index in [1.807, 2.05) is 6.08 Å². The lowest BCUT2D eigenvalue weighted by Crippen LogP contribution is -2.14. The van der Waals surface area contributed by atoms with Crippen LogP contribution in [-0.2, 0) is 14.6 Å². The highest BCUT2D eigenvalue weighted by Crippen LogP contribution is 2.32. The van der Waals surface area contributed by atoms with Crippen LogP contribution in [0.1, 0.15) is 31.2 Å². The molecule has 26 heavy (non-hydrogen) atoms. The van der Waals surface area contributed by atoms with Gasteiger partial charge in [-0.2, -0.15) is 0 Å². The molecule has 8 heteroatoms. The first-order chi connectivity index (χ1) is 12.3. The summed E-state index contributed by atoms with van der Waals surface area (Å²) in [5.41, 5.74) is 1.23. The average Bonchev–Trinajstić information content (AvgIpc) is 3.24. The second-order valence-corrected chi connectivity index (χ2v) is 10.1. The minimum absolute atomic E-state index is 0.210. The maximum Gasteiger partial charge on any atom is 0.257 e. The molecule has 0 radical (unpaired) electrons. The van der Waals surface area contributed by atoms with Crippen LogP contribution in [0.3, 0.4) is 0 Å². The number of thiazole rings is 1. The number of allylic oxidation sites excluding steroid dienone is 1. The number of benzene rings is 1. The number of halogens is 1. The summed E-state index contributed by atoms with van der Waals surface area (Å²) >= 11 is 4.68. The van der Waals surface area contributed by atoms with Crippen LogP contribution in [0.25, 0.3) is 5.57 Å². The maximum absolute atomic E-state index is 12.8. The Morgan fingerprint density at radius 2 is 2.08 bits per heavy atom. The van der Waals surface area contributed by atoms with Gasteiger partial charge in [-0.25, -0.2) is 13.4 Å². The summed E-state index contributed by atoms with van der Waals surface area (Å²) in [6, 6.07) is 4.91. The molecule has 1 aliphatic carbocycles. The van der Waals surface area contributed by atoms with E-state index in [-0.39, 0.29) is 10.8 Å². The molecule has 0 unspecified atom stereocenters. The Morgan fingerprint density at radius 3 is 2.65 bits per heavy atom. The fourth-order valence-corrected chi connectivity index (χ4v) is 5.59. The smallest absolute Gasteiger partial charge is 0.257 e. The maximum atomic E-state index is 12.8. The van der Waals surface area contributed by atoms with Crippen molar-refractivity contribution in [2.75, 3.05) is 11.6 Å². The number of nitrogens with one attached hydrogen (secondary N) is 1. The molecule has 1 aromatic carbocycles. The van der Waals surface area contributed by atoms with E-state index < -0.39 is 9.84 Å². The van der Waals surface area contributed by atoms with E-state index in [1.165, 1.54) is 30.2 Å². The summed E-state index contributed by atoms with van der Waals surface area (Å²) in [6.45, 7) is 0. The predicted octanol–water partition coefficient (Wildman–Crippen LogP) is 4.52. The number of sulfone groups is 1. The summed E-state index contributed by atoms with van der Waals surface area (Å²) in [4.78, 5) is 17.2. The van der Waals surface area contributed by atoms with E-state index in [4.69, 9.17) is 0 Å². The Bertz CT molecular complexity index is 931. The first-order valence-corrected chi connectivity index (χ1v) is 11.8. The van der Waals surface area contributed by atoms with Gasteiger partial charge in [0.15, 0.2) is 15.0 Å². The van der Waals surface area contributed by atoms with Crippen molar-refractivity contribution >= 4 is 53.7 Å². The van der Waals surface area contributed by atoms with Gasteiger partial charge in [0, 0.05) is 27.9 Å². The lowest BCUT2D eigenvalue weighted by atomic mass is 9.98. The zero-order valence-corrected chi connectivity index (χ0v) is 17.5. The second kappa shape index (κ2) is 8.02.